The Balaban J connectivity index is 1.99. The van der Waals surface area contributed by atoms with Crippen molar-refractivity contribution in [2.75, 3.05) is 33.8 Å². The first-order chi connectivity index (χ1) is 16.4. The number of benzene rings is 1. The number of nitrogens with one attached hydrogen (secondary N) is 2. The van der Waals surface area contributed by atoms with Crippen LogP contribution in [0.2, 0.25) is 0 Å². The molecule has 0 bridgehead atoms. The van der Waals surface area contributed by atoms with Gasteiger partial charge in [-0.3, -0.25) is 10.1 Å². The molecule has 1 aliphatic heterocycles. The summed E-state index contributed by atoms with van der Waals surface area (Å²) in [6.07, 6.45) is 0.653. The summed E-state index contributed by atoms with van der Waals surface area (Å²) in [5.41, 5.74) is 4.69. The van der Waals surface area contributed by atoms with E-state index in [1.165, 1.54) is 14.0 Å². The van der Waals surface area contributed by atoms with Gasteiger partial charge in [-0.05, 0) is 47.7 Å². The highest BCUT2D eigenvalue weighted by Gasteiger charge is 2.30. The zero-order chi connectivity index (χ0) is 24.4. The average molecular weight is 466 g/mol. The minimum absolute atomic E-state index is 0.135. The third kappa shape index (κ3) is 4.14. The molecule has 10 nitrogen and oxygen atoms in total. The summed E-state index contributed by atoms with van der Waals surface area (Å²) < 4.78 is 21.6. The Kier molecular flexibility index (Phi) is 6.40. The molecule has 0 saturated heterocycles. The van der Waals surface area contributed by atoms with Crippen LogP contribution >= 0.6 is 0 Å². The predicted molar refractivity (Wildman–Crippen MR) is 125 cm³/mol. The van der Waals surface area contributed by atoms with E-state index in [1.54, 1.807) is 21.3 Å². The number of carbonyl (C=O) groups is 2. The summed E-state index contributed by atoms with van der Waals surface area (Å²) in [5, 5.41) is 5.54. The van der Waals surface area contributed by atoms with Gasteiger partial charge in [0.2, 0.25) is 17.6 Å². The van der Waals surface area contributed by atoms with Gasteiger partial charge in [0, 0.05) is 12.5 Å². The molecule has 1 aromatic carbocycles. The molecule has 4 rings (SSSR count). The van der Waals surface area contributed by atoms with Gasteiger partial charge in [-0.1, -0.05) is 6.07 Å². The number of fused-ring (bicyclic) bond motifs is 4. The van der Waals surface area contributed by atoms with Crippen molar-refractivity contribution in [2.45, 2.75) is 25.8 Å². The molecule has 34 heavy (non-hydrogen) atoms. The number of carbonyl (C=O) groups excluding carboxylic acids is 2. The molecule has 1 atom stereocenters. The molecule has 3 aliphatic rings. The fraction of sp³-hybridized carbons (Fsp3) is 0.333. The largest absolute Gasteiger partial charge is 0.493 e. The number of rotatable bonds is 5. The van der Waals surface area contributed by atoms with Gasteiger partial charge in [0.1, 0.15) is 0 Å². The van der Waals surface area contributed by atoms with Crippen molar-refractivity contribution in [3.63, 3.8) is 0 Å². The van der Waals surface area contributed by atoms with Crippen molar-refractivity contribution < 1.29 is 28.5 Å². The molecule has 2 N–H and O–H groups in total. The van der Waals surface area contributed by atoms with Crippen molar-refractivity contribution in [1.29, 1.82) is 0 Å². The molecule has 2 aliphatic carbocycles. The SMILES string of the molecule is COC(=O)Nc1nc2ccc3c(cc-2n1)[C@@H](NC(C)=O)CCc1cc(OC)c(OC)c(OC)c1-3. The van der Waals surface area contributed by atoms with Crippen molar-refractivity contribution in [1.82, 2.24) is 15.3 Å². The monoisotopic (exact) mass is 466 g/mol. The lowest BCUT2D eigenvalue weighted by Crippen LogP contribution is -2.26. The lowest BCUT2D eigenvalue weighted by atomic mass is 9.95. The maximum atomic E-state index is 12.1. The van der Waals surface area contributed by atoms with Gasteiger partial charge in [0.05, 0.1) is 45.9 Å². The molecule has 0 aromatic heterocycles. The van der Waals surface area contributed by atoms with Crippen molar-refractivity contribution >= 4 is 17.9 Å². The second kappa shape index (κ2) is 9.42. The van der Waals surface area contributed by atoms with Crippen molar-refractivity contribution in [2.24, 2.45) is 0 Å². The van der Waals surface area contributed by atoms with Crippen LogP contribution in [0.15, 0.2) is 24.3 Å². The van der Waals surface area contributed by atoms with E-state index >= 15 is 0 Å². The molecule has 0 spiro atoms. The smallest absolute Gasteiger partial charge is 0.413 e. The molecule has 178 valence electrons. The summed E-state index contributed by atoms with van der Waals surface area (Å²) >= 11 is 0. The van der Waals surface area contributed by atoms with E-state index in [-0.39, 0.29) is 17.9 Å². The standard InChI is InChI=1S/C24H26N4O6/c1-12(29)25-16-8-6-13-10-19(31-2)21(32-3)22(33-4)20(13)14-7-9-17-18(11-15(14)16)27-23(26-17)28-24(30)34-5/h7,9-11,16H,6,8H2,1-5H3,(H,25,29)(H,26,27,28,30)/t16-/m0/s1. The third-order valence-corrected chi connectivity index (χ3v) is 5.76. The first-order valence-corrected chi connectivity index (χ1v) is 10.7. The number of anilines is 1. The van der Waals surface area contributed by atoms with Crippen LogP contribution < -0.4 is 24.8 Å². The van der Waals surface area contributed by atoms with Gasteiger partial charge < -0.3 is 24.3 Å². The summed E-state index contributed by atoms with van der Waals surface area (Å²) in [4.78, 5) is 32.5. The zero-order valence-electron chi connectivity index (χ0n) is 19.6. The summed E-state index contributed by atoms with van der Waals surface area (Å²) in [6, 6.07) is 7.27. The number of imidazole rings is 1. The van der Waals surface area contributed by atoms with Crippen molar-refractivity contribution in [3.05, 3.63) is 35.4 Å². The Morgan fingerprint density at radius 3 is 2.35 bits per heavy atom. The summed E-state index contributed by atoms with van der Waals surface area (Å²) in [7, 11) is 6.00. The minimum Gasteiger partial charge on any atom is -0.493 e. The first kappa shape index (κ1) is 23.1. The van der Waals surface area contributed by atoms with E-state index in [1.807, 2.05) is 24.3 Å². The number of ether oxygens (including phenoxy) is 4. The van der Waals surface area contributed by atoms with E-state index in [0.717, 1.165) is 22.3 Å². The molecule has 1 heterocycles. The Bertz CT molecular complexity index is 1230. The van der Waals surface area contributed by atoms with Gasteiger partial charge in [0.25, 0.3) is 0 Å². The van der Waals surface area contributed by atoms with E-state index in [4.69, 9.17) is 14.2 Å². The molecular formula is C24H26N4O6. The van der Waals surface area contributed by atoms with Gasteiger partial charge >= 0.3 is 6.09 Å². The molecule has 0 fully saturated rings. The minimum atomic E-state index is -0.658. The third-order valence-electron chi connectivity index (χ3n) is 5.76. The van der Waals surface area contributed by atoms with E-state index in [0.29, 0.717) is 41.5 Å². The Labute approximate surface area is 196 Å². The van der Waals surface area contributed by atoms with Gasteiger partial charge in [-0.25, -0.2) is 14.8 Å². The predicted octanol–water partition coefficient (Wildman–Crippen LogP) is 3.58. The number of hydrogen-bond donors (Lipinski definition) is 2. The molecule has 1 aromatic rings. The molecule has 2 amide bonds. The number of methoxy groups -OCH3 is 4. The maximum Gasteiger partial charge on any atom is 0.413 e. The topological polar surface area (TPSA) is 121 Å². The van der Waals surface area contributed by atoms with Crippen LogP contribution in [-0.4, -0.2) is 50.4 Å². The lowest BCUT2D eigenvalue weighted by molar-refractivity contribution is -0.119. The normalized spacial score (nSPS) is 14.3. The van der Waals surface area contributed by atoms with Crippen LogP contribution in [0, 0.1) is 0 Å². The highest BCUT2D eigenvalue weighted by molar-refractivity contribution is 5.86. The van der Waals surface area contributed by atoms with Crippen molar-refractivity contribution in [3.8, 4) is 39.8 Å². The molecule has 0 saturated carbocycles. The van der Waals surface area contributed by atoms with Crippen LogP contribution in [0.1, 0.15) is 30.5 Å². The van der Waals surface area contributed by atoms with Gasteiger partial charge in [0.15, 0.2) is 11.5 Å². The number of amides is 2. The first-order valence-electron chi connectivity index (χ1n) is 10.7. The van der Waals surface area contributed by atoms with Gasteiger partial charge in [-0.15, -0.1) is 0 Å². The number of aromatic nitrogens is 2. The fourth-order valence-electron chi connectivity index (χ4n) is 4.34. The molecule has 0 unspecified atom stereocenters. The van der Waals surface area contributed by atoms with Crippen LogP contribution in [0.25, 0.3) is 22.5 Å². The van der Waals surface area contributed by atoms with Crippen LogP contribution in [0.4, 0.5) is 10.7 Å². The lowest BCUT2D eigenvalue weighted by Gasteiger charge is -2.19. The Morgan fingerprint density at radius 2 is 1.71 bits per heavy atom. The Hall–Kier alpha value is -4.08. The van der Waals surface area contributed by atoms with E-state index < -0.39 is 6.09 Å². The van der Waals surface area contributed by atoms with E-state index in [2.05, 4.69) is 25.3 Å². The number of hydrogen-bond acceptors (Lipinski definition) is 8. The van der Waals surface area contributed by atoms with Crippen LogP contribution in [0.5, 0.6) is 17.2 Å². The number of aryl methyl sites for hydroxylation is 1. The number of nitrogens with zero attached hydrogens (tertiary/aromatic N) is 2. The second-order valence-corrected chi connectivity index (χ2v) is 7.75. The zero-order valence-corrected chi connectivity index (χ0v) is 19.6. The molecular weight excluding hydrogens is 440 g/mol. The summed E-state index contributed by atoms with van der Waals surface area (Å²) in [6.45, 7) is 1.49. The summed E-state index contributed by atoms with van der Waals surface area (Å²) in [5.74, 6) is 1.59. The van der Waals surface area contributed by atoms with E-state index in [9.17, 15) is 9.59 Å². The second-order valence-electron chi connectivity index (χ2n) is 7.75. The fourth-order valence-corrected chi connectivity index (χ4v) is 4.34. The maximum absolute atomic E-state index is 12.1. The van der Waals surface area contributed by atoms with Crippen LogP contribution in [-0.2, 0) is 16.0 Å². The van der Waals surface area contributed by atoms with Crippen LogP contribution in [0.3, 0.4) is 0 Å². The Morgan fingerprint density at radius 1 is 0.971 bits per heavy atom. The van der Waals surface area contributed by atoms with Gasteiger partial charge in [-0.2, -0.15) is 0 Å². The quantitative estimate of drug-likeness (QED) is 0.585. The highest BCUT2D eigenvalue weighted by Crippen LogP contribution is 2.50. The molecule has 0 radical (unpaired) electrons. The molecule has 10 heteroatoms. The highest BCUT2D eigenvalue weighted by atomic mass is 16.5. The average Bonchev–Trinajstić information content (AvgIpc) is 3.03.